The number of benzene rings is 1. The van der Waals surface area contributed by atoms with Crippen molar-refractivity contribution in [3.63, 3.8) is 0 Å². The number of hydrogen-bond acceptors (Lipinski definition) is 4. The first-order valence-corrected chi connectivity index (χ1v) is 7.71. The largest absolute Gasteiger partial charge is 0.477 e. The molecular weight excluding hydrogens is 348 g/mol. The van der Waals surface area contributed by atoms with Crippen LogP contribution in [0.3, 0.4) is 0 Å². The zero-order valence-electron chi connectivity index (χ0n) is 13.9. The molecule has 1 aromatic carbocycles. The van der Waals surface area contributed by atoms with E-state index < -0.39 is 18.3 Å². The fraction of sp³-hybridized carbons (Fsp3) is 0.235. The first-order chi connectivity index (χ1) is 12.3. The molecule has 0 saturated heterocycles. The normalized spacial score (nSPS) is 11.5. The second-order valence-electron chi connectivity index (χ2n) is 5.82. The molecule has 0 aliphatic heterocycles. The lowest BCUT2D eigenvalue weighted by Gasteiger charge is -2.08. The Hall–Kier alpha value is -3.23. The molecule has 1 N–H and O–H groups in total. The summed E-state index contributed by atoms with van der Waals surface area (Å²) in [6.45, 7) is 0.573. The Morgan fingerprint density at radius 1 is 1.23 bits per heavy atom. The first kappa shape index (κ1) is 17.6. The Morgan fingerprint density at radius 2 is 1.96 bits per heavy atom. The fourth-order valence-corrected chi connectivity index (χ4v) is 2.78. The molecule has 7 nitrogen and oxygen atoms in total. The predicted octanol–water partition coefficient (Wildman–Crippen LogP) is 3.07. The minimum atomic E-state index is -2.99. The van der Waals surface area contributed by atoms with E-state index in [4.69, 9.17) is 5.11 Å². The van der Waals surface area contributed by atoms with Gasteiger partial charge in [0.15, 0.2) is 0 Å². The number of ether oxygens (including phenoxy) is 1. The van der Waals surface area contributed by atoms with Gasteiger partial charge in [0.05, 0.1) is 22.9 Å². The maximum absolute atomic E-state index is 12.9. The lowest BCUT2D eigenvalue weighted by atomic mass is 10.2. The molecule has 0 spiro atoms. The molecule has 0 bridgehead atoms. The Bertz CT molecular complexity index is 1040. The van der Waals surface area contributed by atoms with Crippen LogP contribution in [0.5, 0.6) is 5.75 Å². The number of carbonyl (C=O) groups is 1. The van der Waals surface area contributed by atoms with E-state index in [-0.39, 0.29) is 17.5 Å². The van der Waals surface area contributed by atoms with Crippen molar-refractivity contribution in [3.05, 3.63) is 52.7 Å². The molecule has 0 fully saturated rings. The van der Waals surface area contributed by atoms with E-state index in [1.54, 1.807) is 19.9 Å². The Balaban J connectivity index is 2.28. The third kappa shape index (κ3) is 3.03. The van der Waals surface area contributed by atoms with E-state index in [0.29, 0.717) is 16.7 Å². The number of fused-ring (bicyclic) bond motifs is 1. The molecule has 0 aliphatic carbocycles. The van der Waals surface area contributed by atoms with E-state index in [1.165, 1.54) is 39.6 Å². The number of carboxylic acids is 1. The summed E-state index contributed by atoms with van der Waals surface area (Å²) < 4.78 is 32.0. The van der Waals surface area contributed by atoms with Crippen LogP contribution in [0.15, 0.2) is 41.3 Å². The number of halogens is 2. The molecule has 26 heavy (non-hydrogen) atoms. The predicted molar refractivity (Wildman–Crippen MR) is 89.3 cm³/mol. The minimum absolute atomic E-state index is 0.0926. The number of alkyl halides is 2. The van der Waals surface area contributed by atoms with Gasteiger partial charge in [0.1, 0.15) is 11.4 Å². The highest BCUT2D eigenvalue weighted by Crippen LogP contribution is 2.24. The highest BCUT2D eigenvalue weighted by atomic mass is 19.3. The smallest absolute Gasteiger partial charge is 0.387 e. The number of pyridine rings is 1. The van der Waals surface area contributed by atoms with E-state index in [2.05, 4.69) is 9.72 Å². The van der Waals surface area contributed by atoms with Gasteiger partial charge in [0, 0.05) is 12.1 Å². The molecule has 3 aromatic rings. The number of nitrogens with zero attached hydrogens (tertiary/aromatic N) is 3. The van der Waals surface area contributed by atoms with Gasteiger partial charge in [0.2, 0.25) is 0 Å². The average molecular weight is 363 g/mol. The number of rotatable bonds is 5. The SMILES string of the molecule is CC(C)n1c(=O)n(-c2cccc(OC(F)F)c2)c2cnc(C(=O)O)cc21. The molecular formula is C17H15F2N3O4. The van der Waals surface area contributed by atoms with Crippen molar-refractivity contribution < 1.29 is 23.4 Å². The number of aromatic carboxylic acids is 1. The molecule has 9 heteroatoms. The minimum Gasteiger partial charge on any atom is -0.477 e. The molecule has 0 radical (unpaired) electrons. The van der Waals surface area contributed by atoms with Crippen LogP contribution < -0.4 is 10.4 Å². The summed E-state index contributed by atoms with van der Waals surface area (Å²) >= 11 is 0. The second kappa shape index (κ2) is 6.58. The molecule has 0 atom stereocenters. The summed E-state index contributed by atoms with van der Waals surface area (Å²) in [6.07, 6.45) is 1.28. The van der Waals surface area contributed by atoms with Crippen LogP contribution in [-0.2, 0) is 0 Å². The summed E-state index contributed by atoms with van der Waals surface area (Å²) in [5.74, 6) is -1.31. The summed E-state index contributed by atoms with van der Waals surface area (Å²) in [4.78, 5) is 28.0. The van der Waals surface area contributed by atoms with Gasteiger partial charge in [-0.25, -0.2) is 14.6 Å². The lowest BCUT2D eigenvalue weighted by molar-refractivity contribution is -0.0498. The van der Waals surface area contributed by atoms with E-state index in [9.17, 15) is 18.4 Å². The van der Waals surface area contributed by atoms with Crippen LogP contribution in [0.25, 0.3) is 16.7 Å². The Kier molecular flexibility index (Phi) is 4.45. The maximum atomic E-state index is 12.9. The third-order valence-electron chi connectivity index (χ3n) is 3.80. The quantitative estimate of drug-likeness (QED) is 0.753. The van der Waals surface area contributed by atoms with Crippen LogP contribution in [0.4, 0.5) is 8.78 Å². The van der Waals surface area contributed by atoms with Gasteiger partial charge >= 0.3 is 18.3 Å². The van der Waals surface area contributed by atoms with Crippen molar-refractivity contribution in [2.75, 3.05) is 0 Å². The molecule has 0 amide bonds. The van der Waals surface area contributed by atoms with Gasteiger partial charge < -0.3 is 9.84 Å². The number of hydrogen-bond donors (Lipinski definition) is 1. The van der Waals surface area contributed by atoms with Crippen LogP contribution in [0.1, 0.15) is 30.4 Å². The number of aromatic nitrogens is 3. The van der Waals surface area contributed by atoms with Crippen molar-refractivity contribution >= 4 is 17.0 Å². The van der Waals surface area contributed by atoms with E-state index in [1.807, 2.05) is 0 Å². The van der Waals surface area contributed by atoms with Crippen molar-refractivity contribution in [2.24, 2.45) is 0 Å². The highest BCUT2D eigenvalue weighted by Gasteiger charge is 2.19. The summed E-state index contributed by atoms with van der Waals surface area (Å²) in [5, 5.41) is 9.14. The third-order valence-corrected chi connectivity index (χ3v) is 3.80. The zero-order chi connectivity index (χ0) is 19.0. The van der Waals surface area contributed by atoms with Crippen LogP contribution in [-0.4, -0.2) is 31.8 Å². The van der Waals surface area contributed by atoms with Gasteiger partial charge in [0.25, 0.3) is 0 Å². The molecule has 0 saturated carbocycles. The van der Waals surface area contributed by atoms with Crippen molar-refractivity contribution in [2.45, 2.75) is 26.5 Å². The average Bonchev–Trinajstić information content (AvgIpc) is 2.85. The summed E-state index contributed by atoms with van der Waals surface area (Å²) in [5.41, 5.74) is 0.426. The van der Waals surface area contributed by atoms with Gasteiger partial charge in [-0.3, -0.25) is 9.13 Å². The van der Waals surface area contributed by atoms with Crippen molar-refractivity contribution in [3.8, 4) is 11.4 Å². The molecule has 0 unspecified atom stereocenters. The van der Waals surface area contributed by atoms with Crippen LogP contribution >= 0.6 is 0 Å². The van der Waals surface area contributed by atoms with Gasteiger partial charge in [-0.1, -0.05) is 6.07 Å². The van der Waals surface area contributed by atoms with Crippen LogP contribution in [0.2, 0.25) is 0 Å². The monoisotopic (exact) mass is 363 g/mol. The van der Waals surface area contributed by atoms with Crippen LogP contribution in [0, 0.1) is 0 Å². The Morgan fingerprint density at radius 3 is 2.58 bits per heavy atom. The second-order valence-corrected chi connectivity index (χ2v) is 5.82. The molecule has 2 heterocycles. The zero-order valence-corrected chi connectivity index (χ0v) is 13.9. The fourth-order valence-electron chi connectivity index (χ4n) is 2.78. The summed E-state index contributed by atoms with van der Waals surface area (Å²) in [7, 11) is 0. The number of carboxylic acid groups (broad SMARTS) is 1. The standard InChI is InChI=1S/C17H15F2N3O4/c1-9(2)21-13-7-12(15(23)24)20-8-14(13)22(17(21)25)10-4-3-5-11(6-10)26-16(18)19/h3-9,16H,1-2H3,(H,23,24). The van der Waals surface area contributed by atoms with Gasteiger partial charge in [-0.05, 0) is 32.0 Å². The Labute approximate surface area is 146 Å². The first-order valence-electron chi connectivity index (χ1n) is 7.71. The van der Waals surface area contributed by atoms with Crippen molar-refractivity contribution in [1.29, 1.82) is 0 Å². The molecule has 0 aliphatic rings. The number of imidazole rings is 1. The summed E-state index contributed by atoms with van der Waals surface area (Å²) in [6, 6.07) is 6.77. The van der Waals surface area contributed by atoms with E-state index in [0.717, 1.165) is 0 Å². The van der Waals surface area contributed by atoms with Gasteiger partial charge in [-0.15, -0.1) is 0 Å². The molecule has 3 rings (SSSR count). The van der Waals surface area contributed by atoms with Crippen molar-refractivity contribution in [1.82, 2.24) is 14.1 Å². The van der Waals surface area contributed by atoms with E-state index >= 15 is 0 Å². The van der Waals surface area contributed by atoms with Gasteiger partial charge in [-0.2, -0.15) is 8.78 Å². The highest BCUT2D eigenvalue weighted by molar-refractivity contribution is 5.90. The molecule has 2 aromatic heterocycles. The topological polar surface area (TPSA) is 86.4 Å². The lowest BCUT2D eigenvalue weighted by Crippen LogP contribution is -2.24. The maximum Gasteiger partial charge on any atom is 0.387 e. The molecule has 136 valence electrons.